The fraction of sp³-hybridized carbons (Fsp3) is 0.727. The first kappa shape index (κ1) is 11.2. The Bertz CT molecular complexity index is 216. The third kappa shape index (κ3) is 5.02. The largest absolute Gasteiger partial charge is 0.336 e. The number of imidazole rings is 1. The van der Waals surface area contributed by atoms with Crippen molar-refractivity contribution in [3.63, 3.8) is 0 Å². The minimum atomic E-state index is 0.824. The molecule has 3 heteroatoms. The molecular weight excluding hydrogens is 174 g/mol. The quantitative estimate of drug-likeness (QED) is 0.674. The molecule has 0 aromatic carbocycles. The summed E-state index contributed by atoms with van der Waals surface area (Å²) in [5, 5.41) is 3.43. The van der Waals surface area contributed by atoms with Gasteiger partial charge in [0.05, 0.1) is 6.33 Å². The molecule has 0 saturated carbocycles. The number of aromatic nitrogens is 2. The minimum absolute atomic E-state index is 0.824. The lowest BCUT2D eigenvalue weighted by molar-refractivity contribution is 0.515. The van der Waals surface area contributed by atoms with Crippen LogP contribution in [0.25, 0.3) is 0 Å². The molecule has 3 nitrogen and oxygen atoms in total. The predicted octanol–water partition coefficient (Wildman–Crippen LogP) is 1.91. The Hall–Kier alpha value is -0.830. The van der Waals surface area contributed by atoms with Gasteiger partial charge in [0.2, 0.25) is 0 Å². The van der Waals surface area contributed by atoms with Gasteiger partial charge in [-0.15, -0.1) is 0 Å². The Kier molecular flexibility index (Phi) is 5.30. The second kappa shape index (κ2) is 6.60. The maximum Gasteiger partial charge on any atom is 0.0946 e. The Labute approximate surface area is 86.5 Å². The third-order valence-corrected chi connectivity index (χ3v) is 2.24. The van der Waals surface area contributed by atoms with Crippen molar-refractivity contribution < 1.29 is 0 Å². The summed E-state index contributed by atoms with van der Waals surface area (Å²) >= 11 is 0. The Morgan fingerprint density at radius 1 is 1.36 bits per heavy atom. The molecule has 1 heterocycles. The van der Waals surface area contributed by atoms with E-state index < -0.39 is 0 Å². The standard InChI is InChI=1S/C11H21N3/c1-11(2)4-3-5-12-6-8-14-9-7-13-10-14/h7,9-12H,3-6,8H2,1-2H3. The zero-order valence-corrected chi connectivity index (χ0v) is 9.24. The van der Waals surface area contributed by atoms with E-state index in [4.69, 9.17) is 0 Å². The van der Waals surface area contributed by atoms with E-state index in [1.807, 2.05) is 18.7 Å². The van der Waals surface area contributed by atoms with Crippen molar-refractivity contribution in [2.45, 2.75) is 33.2 Å². The summed E-state index contributed by atoms with van der Waals surface area (Å²) < 4.78 is 2.09. The van der Waals surface area contributed by atoms with E-state index in [0.717, 1.165) is 25.6 Å². The van der Waals surface area contributed by atoms with Crippen LogP contribution in [-0.4, -0.2) is 22.6 Å². The van der Waals surface area contributed by atoms with E-state index in [0.29, 0.717) is 0 Å². The van der Waals surface area contributed by atoms with Gasteiger partial charge in [0.15, 0.2) is 0 Å². The lowest BCUT2D eigenvalue weighted by atomic mass is 10.1. The zero-order valence-electron chi connectivity index (χ0n) is 9.24. The zero-order chi connectivity index (χ0) is 10.2. The summed E-state index contributed by atoms with van der Waals surface area (Å²) in [7, 11) is 0. The molecule has 14 heavy (non-hydrogen) atoms. The van der Waals surface area contributed by atoms with Crippen molar-refractivity contribution in [3.8, 4) is 0 Å². The molecule has 0 bridgehead atoms. The molecule has 0 aliphatic carbocycles. The van der Waals surface area contributed by atoms with Gasteiger partial charge in [-0.2, -0.15) is 0 Å². The van der Waals surface area contributed by atoms with E-state index in [2.05, 4.69) is 28.7 Å². The van der Waals surface area contributed by atoms with Crippen LogP contribution in [0.5, 0.6) is 0 Å². The molecular formula is C11H21N3. The normalized spacial score (nSPS) is 11.1. The van der Waals surface area contributed by atoms with Crippen LogP contribution in [0.2, 0.25) is 0 Å². The molecule has 0 radical (unpaired) electrons. The maximum absolute atomic E-state index is 4.00. The van der Waals surface area contributed by atoms with Crippen LogP contribution in [0.3, 0.4) is 0 Å². The van der Waals surface area contributed by atoms with Gasteiger partial charge in [0.25, 0.3) is 0 Å². The van der Waals surface area contributed by atoms with Crippen molar-refractivity contribution in [1.29, 1.82) is 0 Å². The average molecular weight is 195 g/mol. The first-order valence-electron chi connectivity index (χ1n) is 5.45. The molecule has 80 valence electrons. The number of hydrogen-bond donors (Lipinski definition) is 1. The van der Waals surface area contributed by atoms with Crippen LogP contribution in [0.15, 0.2) is 18.7 Å². The molecule has 1 rings (SSSR count). The molecule has 1 aromatic rings. The highest BCUT2D eigenvalue weighted by Crippen LogP contribution is 2.01. The summed E-state index contributed by atoms with van der Waals surface area (Å²) in [6, 6.07) is 0. The van der Waals surface area contributed by atoms with Gasteiger partial charge in [-0.05, 0) is 25.3 Å². The lowest BCUT2D eigenvalue weighted by Crippen LogP contribution is -2.20. The van der Waals surface area contributed by atoms with E-state index in [1.165, 1.54) is 12.8 Å². The highest BCUT2D eigenvalue weighted by Gasteiger charge is 1.93. The molecule has 0 fully saturated rings. The molecule has 0 atom stereocenters. The summed E-state index contributed by atoms with van der Waals surface area (Å²) in [6.07, 6.45) is 8.27. The van der Waals surface area contributed by atoms with Crippen molar-refractivity contribution >= 4 is 0 Å². The Morgan fingerprint density at radius 3 is 2.86 bits per heavy atom. The number of rotatable bonds is 7. The summed E-state index contributed by atoms with van der Waals surface area (Å²) in [5.41, 5.74) is 0. The number of hydrogen-bond acceptors (Lipinski definition) is 2. The van der Waals surface area contributed by atoms with E-state index in [1.54, 1.807) is 0 Å². The van der Waals surface area contributed by atoms with Crippen LogP contribution in [0, 0.1) is 5.92 Å². The Morgan fingerprint density at radius 2 is 2.21 bits per heavy atom. The monoisotopic (exact) mass is 195 g/mol. The molecule has 1 aromatic heterocycles. The molecule has 0 saturated heterocycles. The smallest absolute Gasteiger partial charge is 0.0946 e. The topological polar surface area (TPSA) is 29.9 Å². The molecule has 0 spiro atoms. The van der Waals surface area contributed by atoms with Gasteiger partial charge in [-0.25, -0.2) is 4.98 Å². The Balaban J connectivity index is 1.90. The van der Waals surface area contributed by atoms with E-state index in [-0.39, 0.29) is 0 Å². The molecule has 0 aliphatic rings. The van der Waals surface area contributed by atoms with Crippen LogP contribution in [-0.2, 0) is 6.54 Å². The van der Waals surface area contributed by atoms with Crippen molar-refractivity contribution in [2.75, 3.05) is 13.1 Å². The van der Waals surface area contributed by atoms with Gasteiger partial charge < -0.3 is 9.88 Å². The molecule has 0 amide bonds. The van der Waals surface area contributed by atoms with Crippen molar-refractivity contribution in [2.24, 2.45) is 5.92 Å². The van der Waals surface area contributed by atoms with E-state index >= 15 is 0 Å². The highest BCUT2D eigenvalue weighted by molar-refractivity contribution is 4.74. The van der Waals surface area contributed by atoms with Crippen LogP contribution < -0.4 is 5.32 Å². The van der Waals surface area contributed by atoms with Crippen molar-refractivity contribution in [3.05, 3.63) is 18.7 Å². The number of nitrogens with zero attached hydrogens (tertiary/aromatic N) is 2. The van der Waals surface area contributed by atoms with Gasteiger partial charge in [-0.1, -0.05) is 13.8 Å². The van der Waals surface area contributed by atoms with Crippen LogP contribution in [0.1, 0.15) is 26.7 Å². The van der Waals surface area contributed by atoms with Gasteiger partial charge in [0.1, 0.15) is 0 Å². The lowest BCUT2D eigenvalue weighted by Gasteiger charge is -2.06. The second-order valence-electron chi connectivity index (χ2n) is 4.09. The third-order valence-electron chi connectivity index (χ3n) is 2.24. The first-order valence-corrected chi connectivity index (χ1v) is 5.45. The minimum Gasteiger partial charge on any atom is -0.336 e. The second-order valence-corrected chi connectivity index (χ2v) is 4.09. The van der Waals surface area contributed by atoms with Crippen LogP contribution >= 0.6 is 0 Å². The average Bonchev–Trinajstić information content (AvgIpc) is 2.63. The van der Waals surface area contributed by atoms with Gasteiger partial charge >= 0.3 is 0 Å². The van der Waals surface area contributed by atoms with Gasteiger partial charge in [-0.3, -0.25) is 0 Å². The van der Waals surface area contributed by atoms with Crippen LogP contribution in [0.4, 0.5) is 0 Å². The fourth-order valence-electron chi connectivity index (χ4n) is 1.39. The fourth-order valence-corrected chi connectivity index (χ4v) is 1.39. The SMILES string of the molecule is CC(C)CCCNCCn1ccnc1. The molecule has 0 unspecified atom stereocenters. The predicted molar refractivity (Wildman–Crippen MR) is 59.2 cm³/mol. The highest BCUT2D eigenvalue weighted by atomic mass is 15.0. The maximum atomic E-state index is 4.00. The van der Waals surface area contributed by atoms with Gasteiger partial charge in [0, 0.05) is 25.5 Å². The number of nitrogens with one attached hydrogen (secondary N) is 1. The summed E-state index contributed by atoms with van der Waals surface area (Å²) in [6.45, 7) is 7.72. The molecule has 1 N–H and O–H groups in total. The molecule has 0 aliphatic heterocycles. The van der Waals surface area contributed by atoms with E-state index in [9.17, 15) is 0 Å². The summed E-state index contributed by atoms with van der Waals surface area (Å²) in [4.78, 5) is 4.00. The summed E-state index contributed by atoms with van der Waals surface area (Å²) in [5.74, 6) is 0.824. The van der Waals surface area contributed by atoms with Crippen molar-refractivity contribution in [1.82, 2.24) is 14.9 Å². The first-order chi connectivity index (χ1) is 6.79.